The second kappa shape index (κ2) is 4.00. The molecule has 0 fully saturated rings. The molecule has 1 heterocycles. The molecule has 0 spiro atoms. The Bertz CT molecular complexity index is 553. The Hall–Kier alpha value is -1.78. The third kappa shape index (κ3) is 1.48. The van der Waals surface area contributed by atoms with Crippen molar-refractivity contribution in [3.63, 3.8) is 0 Å². The summed E-state index contributed by atoms with van der Waals surface area (Å²) in [5.74, 6) is 0. The van der Waals surface area contributed by atoms with Crippen LogP contribution in [0, 0.1) is 20.8 Å². The van der Waals surface area contributed by atoms with Crippen LogP contribution in [-0.2, 0) is 0 Å². The van der Waals surface area contributed by atoms with Crippen LogP contribution in [0.15, 0.2) is 10.2 Å². The lowest BCUT2D eigenvalue weighted by molar-refractivity contribution is 0.957. The summed E-state index contributed by atoms with van der Waals surface area (Å²) in [5, 5.41) is 19.3. The highest BCUT2D eigenvalue weighted by Crippen LogP contribution is 2.32. The standard InChI is InChI=1S/C11H15N5/c1-5-12-13-9-6(2)7(3)10-11(8(9)4)15-16-14-10/h5H2,1-4H3,(H,14,15,16). The molecule has 84 valence electrons. The van der Waals surface area contributed by atoms with Gasteiger partial charge >= 0.3 is 0 Å². The molecule has 0 aliphatic carbocycles. The van der Waals surface area contributed by atoms with Gasteiger partial charge in [-0.25, -0.2) is 0 Å². The maximum absolute atomic E-state index is 4.26. The van der Waals surface area contributed by atoms with E-state index in [0.717, 1.165) is 33.4 Å². The molecule has 0 aliphatic heterocycles. The molecule has 1 N–H and O–H groups in total. The lowest BCUT2D eigenvalue weighted by Gasteiger charge is -2.07. The minimum Gasteiger partial charge on any atom is -0.197 e. The monoisotopic (exact) mass is 217 g/mol. The van der Waals surface area contributed by atoms with E-state index in [1.54, 1.807) is 0 Å². The van der Waals surface area contributed by atoms with E-state index in [-0.39, 0.29) is 0 Å². The van der Waals surface area contributed by atoms with Crippen LogP contribution in [0.5, 0.6) is 0 Å². The zero-order valence-corrected chi connectivity index (χ0v) is 10.00. The van der Waals surface area contributed by atoms with E-state index in [1.807, 2.05) is 27.7 Å². The number of nitrogens with zero attached hydrogens (tertiary/aromatic N) is 4. The SMILES string of the molecule is CCN=Nc1c(C)c(C)c2n[nH]nc2c1C. The van der Waals surface area contributed by atoms with Gasteiger partial charge in [-0.1, -0.05) is 0 Å². The Balaban J connectivity index is 2.77. The molecule has 0 aliphatic rings. The Morgan fingerprint density at radius 2 is 1.62 bits per heavy atom. The number of nitrogens with one attached hydrogen (secondary N) is 1. The average molecular weight is 217 g/mol. The highest BCUT2D eigenvalue weighted by molar-refractivity contribution is 5.87. The second-order valence-electron chi connectivity index (χ2n) is 3.80. The number of benzene rings is 1. The third-order valence-electron chi connectivity index (χ3n) is 2.84. The number of hydrogen-bond donors (Lipinski definition) is 1. The molecule has 0 radical (unpaired) electrons. The molecule has 16 heavy (non-hydrogen) atoms. The van der Waals surface area contributed by atoms with Gasteiger partial charge in [0, 0.05) is 5.56 Å². The fourth-order valence-electron chi connectivity index (χ4n) is 1.79. The largest absolute Gasteiger partial charge is 0.197 e. The van der Waals surface area contributed by atoms with Crippen molar-refractivity contribution in [2.24, 2.45) is 10.2 Å². The minimum atomic E-state index is 0.689. The summed E-state index contributed by atoms with van der Waals surface area (Å²) in [4.78, 5) is 0. The first-order chi connectivity index (χ1) is 7.66. The van der Waals surface area contributed by atoms with Crippen molar-refractivity contribution in [3.8, 4) is 0 Å². The molecule has 0 bridgehead atoms. The van der Waals surface area contributed by atoms with E-state index in [2.05, 4.69) is 25.6 Å². The van der Waals surface area contributed by atoms with Crippen LogP contribution in [0.3, 0.4) is 0 Å². The van der Waals surface area contributed by atoms with Crippen LogP contribution in [0.1, 0.15) is 23.6 Å². The number of aromatic nitrogens is 3. The van der Waals surface area contributed by atoms with E-state index in [4.69, 9.17) is 0 Å². The van der Waals surface area contributed by atoms with Crippen molar-refractivity contribution < 1.29 is 0 Å². The highest BCUT2D eigenvalue weighted by atomic mass is 15.3. The summed E-state index contributed by atoms with van der Waals surface area (Å²) in [6.45, 7) is 8.73. The van der Waals surface area contributed by atoms with Gasteiger partial charge in [0.15, 0.2) is 0 Å². The average Bonchev–Trinajstić information content (AvgIpc) is 2.75. The number of aryl methyl sites for hydroxylation is 2. The molecule has 0 saturated heterocycles. The van der Waals surface area contributed by atoms with Crippen LogP contribution in [0.25, 0.3) is 11.0 Å². The zero-order valence-electron chi connectivity index (χ0n) is 10.00. The van der Waals surface area contributed by atoms with Gasteiger partial charge in [-0.05, 0) is 38.8 Å². The summed E-state index contributed by atoms with van der Waals surface area (Å²) < 4.78 is 0. The van der Waals surface area contributed by atoms with E-state index in [1.165, 1.54) is 0 Å². The smallest absolute Gasteiger partial charge is 0.118 e. The van der Waals surface area contributed by atoms with Crippen molar-refractivity contribution in [1.82, 2.24) is 15.4 Å². The molecule has 5 heteroatoms. The maximum Gasteiger partial charge on any atom is 0.118 e. The van der Waals surface area contributed by atoms with Gasteiger partial charge in [0.1, 0.15) is 11.0 Å². The Kier molecular flexibility index (Phi) is 2.68. The van der Waals surface area contributed by atoms with Crippen molar-refractivity contribution in [2.45, 2.75) is 27.7 Å². The summed E-state index contributed by atoms with van der Waals surface area (Å²) in [6, 6.07) is 0. The highest BCUT2D eigenvalue weighted by Gasteiger charge is 2.14. The molecule has 0 atom stereocenters. The Morgan fingerprint density at radius 1 is 1.00 bits per heavy atom. The predicted molar refractivity (Wildman–Crippen MR) is 63.2 cm³/mol. The molecule has 0 saturated carbocycles. The molecular formula is C11H15N5. The second-order valence-corrected chi connectivity index (χ2v) is 3.80. The summed E-state index contributed by atoms with van der Waals surface area (Å²) >= 11 is 0. The number of rotatable bonds is 2. The van der Waals surface area contributed by atoms with Crippen LogP contribution in [0.4, 0.5) is 5.69 Å². The van der Waals surface area contributed by atoms with Gasteiger partial charge in [0.05, 0.1) is 12.2 Å². The molecule has 5 nitrogen and oxygen atoms in total. The van der Waals surface area contributed by atoms with Gasteiger partial charge in [-0.15, -0.1) is 0 Å². The first-order valence-corrected chi connectivity index (χ1v) is 5.34. The lowest BCUT2D eigenvalue weighted by Crippen LogP contribution is -1.89. The van der Waals surface area contributed by atoms with Crippen LogP contribution in [-0.4, -0.2) is 22.0 Å². The molecule has 0 amide bonds. The Morgan fingerprint density at radius 3 is 2.25 bits per heavy atom. The number of azo groups is 1. The van der Waals surface area contributed by atoms with Crippen molar-refractivity contribution >= 4 is 16.7 Å². The van der Waals surface area contributed by atoms with Gasteiger partial charge in [-0.3, -0.25) is 0 Å². The van der Waals surface area contributed by atoms with Crippen molar-refractivity contribution in [3.05, 3.63) is 16.7 Å². The van der Waals surface area contributed by atoms with E-state index in [0.29, 0.717) is 6.54 Å². The number of aromatic amines is 1. The van der Waals surface area contributed by atoms with Crippen molar-refractivity contribution in [1.29, 1.82) is 0 Å². The summed E-state index contributed by atoms with van der Waals surface area (Å²) in [7, 11) is 0. The van der Waals surface area contributed by atoms with Crippen LogP contribution < -0.4 is 0 Å². The molecule has 2 aromatic rings. The van der Waals surface area contributed by atoms with Gasteiger partial charge < -0.3 is 0 Å². The van der Waals surface area contributed by atoms with E-state index >= 15 is 0 Å². The zero-order chi connectivity index (χ0) is 11.7. The van der Waals surface area contributed by atoms with Gasteiger partial charge in [0.2, 0.25) is 0 Å². The maximum atomic E-state index is 4.26. The minimum absolute atomic E-state index is 0.689. The van der Waals surface area contributed by atoms with E-state index in [9.17, 15) is 0 Å². The van der Waals surface area contributed by atoms with Crippen LogP contribution in [0.2, 0.25) is 0 Å². The molecule has 1 aromatic heterocycles. The third-order valence-corrected chi connectivity index (χ3v) is 2.84. The molecule has 1 aromatic carbocycles. The quantitative estimate of drug-likeness (QED) is 0.786. The number of H-pyrrole nitrogens is 1. The first-order valence-electron chi connectivity index (χ1n) is 5.34. The van der Waals surface area contributed by atoms with Gasteiger partial charge in [0.25, 0.3) is 0 Å². The lowest BCUT2D eigenvalue weighted by atomic mass is 10.0. The number of fused-ring (bicyclic) bond motifs is 1. The summed E-state index contributed by atoms with van der Waals surface area (Å²) in [5.41, 5.74) is 5.99. The number of hydrogen-bond acceptors (Lipinski definition) is 4. The molecule has 2 rings (SSSR count). The first kappa shape index (κ1) is 10.7. The van der Waals surface area contributed by atoms with Crippen molar-refractivity contribution in [2.75, 3.05) is 6.54 Å². The Labute approximate surface area is 94.0 Å². The normalized spacial score (nSPS) is 11.8. The molecular weight excluding hydrogens is 202 g/mol. The van der Waals surface area contributed by atoms with Gasteiger partial charge in [-0.2, -0.15) is 25.6 Å². The predicted octanol–water partition coefficient (Wildman–Crippen LogP) is 2.99. The van der Waals surface area contributed by atoms with E-state index < -0.39 is 0 Å². The molecule has 0 unspecified atom stereocenters. The topological polar surface area (TPSA) is 66.3 Å². The summed E-state index contributed by atoms with van der Waals surface area (Å²) in [6.07, 6.45) is 0. The fraction of sp³-hybridized carbons (Fsp3) is 0.455. The fourth-order valence-corrected chi connectivity index (χ4v) is 1.79. The van der Waals surface area contributed by atoms with Crippen LogP contribution >= 0.6 is 0 Å².